The summed E-state index contributed by atoms with van der Waals surface area (Å²) in [6.45, 7) is 3.02. The summed E-state index contributed by atoms with van der Waals surface area (Å²) in [4.78, 5) is 15.7. The molecule has 0 saturated carbocycles. The van der Waals surface area contributed by atoms with Gasteiger partial charge in [0, 0.05) is 49.3 Å². The van der Waals surface area contributed by atoms with Crippen LogP contribution in [0.4, 0.5) is 17.6 Å². The number of aryl methyl sites for hydroxylation is 1. The lowest BCUT2D eigenvalue weighted by Gasteiger charge is -2.25. The maximum atomic E-state index is 5.41. The van der Waals surface area contributed by atoms with E-state index in [-0.39, 0.29) is 0 Å². The zero-order valence-electron chi connectivity index (χ0n) is 19.8. The standard InChI is InChI=1S/C26H25N9O/c1-33-17-21(16-29-33)19-2-4-20(5-3-19)24-10-11-27-25(31-24)30-22-6-8-23(9-7-22)35-18-28-26(32-35)34-12-14-36-15-13-34/h2-11,16-18H,12-15H2,1H3,(H,27,30,31). The minimum absolute atomic E-state index is 0.534. The zero-order chi connectivity index (χ0) is 24.3. The van der Waals surface area contributed by atoms with Gasteiger partial charge in [0.1, 0.15) is 6.33 Å². The van der Waals surface area contributed by atoms with E-state index in [0.717, 1.165) is 52.8 Å². The van der Waals surface area contributed by atoms with Crippen molar-refractivity contribution in [2.24, 2.45) is 7.05 Å². The molecule has 0 spiro atoms. The number of benzene rings is 2. The molecule has 4 heterocycles. The third-order valence-electron chi connectivity index (χ3n) is 6.04. The van der Waals surface area contributed by atoms with E-state index in [0.29, 0.717) is 19.2 Å². The SMILES string of the molecule is Cn1cc(-c2ccc(-c3ccnc(Nc4ccc(-n5cnc(N6CCOCC6)n5)cc4)n3)cc2)cn1. The van der Waals surface area contributed by atoms with Crippen molar-refractivity contribution in [2.75, 3.05) is 36.5 Å². The fourth-order valence-electron chi connectivity index (χ4n) is 4.10. The van der Waals surface area contributed by atoms with Gasteiger partial charge in [-0.2, -0.15) is 10.1 Å². The van der Waals surface area contributed by atoms with Crippen molar-refractivity contribution >= 4 is 17.6 Å². The number of morpholine rings is 1. The van der Waals surface area contributed by atoms with Crippen molar-refractivity contribution in [1.82, 2.24) is 34.5 Å². The molecule has 0 unspecified atom stereocenters. The van der Waals surface area contributed by atoms with Gasteiger partial charge in [-0.1, -0.05) is 24.3 Å². The quantitative estimate of drug-likeness (QED) is 0.394. The number of anilines is 3. The molecular formula is C26H25N9O. The molecule has 1 N–H and O–H groups in total. The van der Waals surface area contributed by atoms with Crippen molar-refractivity contribution in [2.45, 2.75) is 0 Å². The molecule has 1 fully saturated rings. The molecule has 6 rings (SSSR count). The molecule has 180 valence electrons. The average molecular weight is 480 g/mol. The number of nitrogens with zero attached hydrogens (tertiary/aromatic N) is 8. The molecule has 2 aromatic carbocycles. The fraction of sp³-hybridized carbons (Fsp3) is 0.192. The highest BCUT2D eigenvalue weighted by Crippen LogP contribution is 2.24. The zero-order valence-corrected chi connectivity index (χ0v) is 19.8. The van der Waals surface area contributed by atoms with E-state index in [1.165, 1.54) is 0 Å². The van der Waals surface area contributed by atoms with Crippen molar-refractivity contribution in [1.29, 1.82) is 0 Å². The summed E-state index contributed by atoms with van der Waals surface area (Å²) >= 11 is 0. The molecule has 10 nitrogen and oxygen atoms in total. The van der Waals surface area contributed by atoms with Gasteiger partial charge in [-0.15, -0.1) is 5.10 Å². The molecule has 0 radical (unpaired) electrons. The van der Waals surface area contributed by atoms with Gasteiger partial charge >= 0.3 is 0 Å². The molecule has 0 aliphatic carbocycles. The molecule has 1 aliphatic heterocycles. The van der Waals surface area contributed by atoms with Crippen molar-refractivity contribution in [3.8, 4) is 28.1 Å². The Morgan fingerprint density at radius 3 is 2.39 bits per heavy atom. The maximum absolute atomic E-state index is 5.41. The molecule has 36 heavy (non-hydrogen) atoms. The van der Waals surface area contributed by atoms with E-state index in [9.17, 15) is 0 Å². The molecule has 0 amide bonds. The van der Waals surface area contributed by atoms with Gasteiger partial charge in [0.2, 0.25) is 11.9 Å². The topological polar surface area (TPSA) is 98.8 Å². The van der Waals surface area contributed by atoms with Crippen LogP contribution in [0.1, 0.15) is 0 Å². The summed E-state index contributed by atoms with van der Waals surface area (Å²) in [5, 5.41) is 12.1. The summed E-state index contributed by atoms with van der Waals surface area (Å²) in [6, 6.07) is 18.1. The van der Waals surface area contributed by atoms with Gasteiger partial charge in [0.15, 0.2) is 0 Å². The Labute approximate surface area is 208 Å². The van der Waals surface area contributed by atoms with Crippen molar-refractivity contribution in [3.05, 3.63) is 79.5 Å². The molecule has 0 bridgehead atoms. The van der Waals surface area contributed by atoms with Crippen molar-refractivity contribution < 1.29 is 4.74 Å². The van der Waals surface area contributed by atoms with Gasteiger partial charge in [-0.25, -0.2) is 14.6 Å². The van der Waals surface area contributed by atoms with Gasteiger partial charge in [-0.3, -0.25) is 4.68 Å². The van der Waals surface area contributed by atoms with E-state index in [1.54, 1.807) is 21.9 Å². The molecule has 5 aromatic rings. The van der Waals surface area contributed by atoms with Crippen LogP contribution >= 0.6 is 0 Å². The predicted octanol–water partition coefficient (Wildman–Crippen LogP) is 3.71. The monoisotopic (exact) mass is 479 g/mol. The van der Waals surface area contributed by atoms with Crippen LogP contribution in [0.3, 0.4) is 0 Å². The van der Waals surface area contributed by atoms with Gasteiger partial charge in [0.25, 0.3) is 0 Å². The minimum atomic E-state index is 0.534. The van der Waals surface area contributed by atoms with E-state index < -0.39 is 0 Å². The molecular weight excluding hydrogens is 454 g/mol. The van der Waals surface area contributed by atoms with Crippen LogP contribution < -0.4 is 10.2 Å². The number of hydrogen-bond donors (Lipinski definition) is 1. The third kappa shape index (κ3) is 4.66. The smallest absolute Gasteiger partial charge is 0.245 e. The van der Waals surface area contributed by atoms with Crippen LogP contribution in [0.2, 0.25) is 0 Å². The Balaban J connectivity index is 1.14. The summed E-state index contributed by atoms with van der Waals surface area (Å²) in [5.41, 5.74) is 5.88. The first kappa shape index (κ1) is 21.9. The number of rotatable bonds is 6. The van der Waals surface area contributed by atoms with Crippen LogP contribution in [-0.4, -0.2) is 60.8 Å². The van der Waals surface area contributed by atoms with Crippen molar-refractivity contribution in [3.63, 3.8) is 0 Å². The van der Waals surface area contributed by atoms with Crippen LogP contribution in [-0.2, 0) is 11.8 Å². The van der Waals surface area contributed by atoms with Crippen LogP contribution in [0.25, 0.3) is 28.1 Å². The van der Waals surface area contributed by atoms with E-state index in [4.69, 9.17) is 9.72 Å². The summed E-state index contributed by atoms with van der Waals surface area (Å²) in [5.74, 6) is 1.26. The fourth-order valence-corrected chi connectivity index (χ4v) is 4.10. The second kappa shape index (κ2) is 9.59. The molecule has 0 atom stereocenters. The Morgan fingerprint density at radius 2 is 1.64 bits per heavy atom. The Kier molecular flexibility index (Phi) is 5.84. The number of ether oxygens (including phenoxy) is 1. The van der Waals surface area contributed by atoms with Crippen LogP contribution in [0.15, 0.2) is 79.5 Å². The average Bonchev–Trinajstić information content (AvgIpc) is 3.60. The van der Waals surface area contributed by atoms with Gasteiger partial charge in [-0.05, 0) is 35.9 Å². The Bertz CT molecular complexity index is 1450. The molecule has 1 saturated heterocycles. The van der Waals surface area contributed by atoms with E-state index in [1.807, 2.05) is 49.8 Å². The number of hydrogen-bond acceptors (Lipinski definition) is 8. The summed E-state index contributed by atoms with van der Waals surface area (Å²) in [7, 11) is 1.91. The normalized spacial score (nSPS) is 13.6. The minimum Gasteiger partial charge on any atom is -0.378 e. The highest BCUT2D eigenvalue weighted by molar-refractivity contribution is 5.68. The lowest BCUT2D eigenvalue weighted by atomic mass is 10.1. The lowest BCUT2D eigenvalue weighted by molar-refractivity contribution is 0.122. The number of aromatic nitrogens is 7. The van der Waals surface area contributed by atoms with E-state index >= 15 is 0 Å². The highest BCUT2D eigenvalue weighted by Gasteiger charge is 2.15. The second-order valence-corrected chi connectivity index (χ2v) is 8.51. The van der Waals surface area contributed by atoms with Crippen LogP contribution in [0, 0.1) is 0 Å². The van der Waals surface area contributed by atoms with Crippen LogP contribution in [0.5, 0.6) is 0 Å². The van der Waals surface area contributed by atoms with Gasteiger partial charge in [0.05, 0.1) is 30.8 Å². The molecule has 1 aliphatic rings. The van der Waals surface area contributed by atoms with Gasteiger partial charge < -0.3 is 15.0 Å². The number of nitrogens with one attached hydrogen (secondary N) is 1. The Hall–Kier alpha value is -4.57. The first-order valence-corrected chi connectivity index (χ1v) is 11.8. The molecule has 10 heteroatoms. The third-order valence-corrected chi connectivity index (χ3v) is 6.04. The lowest BCUT2D eigenvalue weighted by Crippen LogP contribution is -2.37. The van der Waals surface area contributed by atoms with E-state index in [2.05, 4.69) is 54.6 Å². The Morgan fingerprint density at radius 1 is 0.861 bits per heavy atom. The second-order valence-electron chi connectivity index (χ2n) is 8.51. The maximum Gasteiger partial charge on any atom is 0.245 e. The highest BCUT2D eigenvalue weighted by atomic mass is 16.5. The summed E-state index contributed by atoms with van der Waals surface area (Å²) < 4.78 is 8.98. The largest absolute Gasteiger partial charge is 0.378 e. The summed E-state index contributed by atoms with van der Waals surface area (Å²) in [6.07, 6.45) is 7.36. The molecule has 3 aromatic heterocycles. The first-order chi connectivity index (χ1) is 17.7. The predicted molar refractivity (Wildman–Crippen MR) is 137 cm³/mol. The first-order valence-electron chi connectivity index (χ1n) is 11.8.